The van der Waals surface area contributed by atoms with Gasteiger partial charge in [0.1, 0.15) is 97.4 Å². The average Bonchev–Trinajstić information content (AvgIpc) is 0.820. The number of aliphatic hydroxyl groups excluding tert-OH is 13. The van der Waals surface area contributed by atoms with Crippen LogP contribution in [0.2, 0.25) is 0 Å². The maximum atomic E-state index is 14.5. The zero-order chi connectivity index (χ0) is 79.7. The highest BCUT2D eigenvalue weighted by Crippen LogP contribution is 2.37. The number of nitrogens with zero attached hydrogens (tertiary/aromatic N) is 3. The van der Waals surface area contributed by atoms with Crippen molar-refractivity contribution in [1.29, 1.82) is 0 Å². The molecule has 4 fully saturated rings. The van der Waals surface area contributed by atoms with Gasteiger partial charge in [0.05, 0.1) is 39.7 Å². The van der Waals surface area contributed by atoms with Crippen LogP contribution in [0.15, 0.2) is 0 Å². The minimum atomic E-state index is -3.32. The van der Waals surface area contributed by atoms with Gasteiger partial charge in [-0.1, -0.05) is 0 Å². The van der Waals surface area contributed by atoms with Crippen LogP contribution in [0, 0.1) is 0 Å². The highest BCUT2D eigenvalue weighted by Gasteiger charge is 2.49. The van der Waals surface area contributed by atoms with E-state index in [2.05, 4.69) is 31.9 Å². The SMILES string of the molecule is CC(=O)NC1[C@H](OCCCCC(=O)NCCCN(CN(CCN(CCNC(=O)CCCCO[C@@H]2OC(CO)[C@H](O)[C@H](O)C2NC(C)=O)C(=O)CCCCO[C@@H]2OC(CO)[C@H](O)[C@H](O)C2NC(C)=O)C(=O)C(O)COP(C)(C)=O)C(=O)CCCCO[C@@H]2OC(CO)[C@H](O)[C@H](O)C2NC(C)=O)OC(CO)[C@H](O)[C@@H]1O. The lowest BCUT2D eigenvalue weighted by Crippen LogP contribution is -2.64. The van der Waals surface area contributed by atoms with Crippen molar-refractivity contribution in [1.82, 2.24) is 46.6 Å². The average molecular weight is 1570 g/mol. The van der Waals surface area contributed by atoms with Crippen LogP contribution in [-0.2, 0) is 90.1 Å². The number of unbranched alkanes of at least 4 members (excludes halogenated alkanes) is 4. The van der Waals surface area contributed by atoms with Gasteiger partial charge in [-0.2, -0.15) is 0 Å². The highest BCUT2D eigenvalue weighted by atomic mass is 31.2. The molecule has 9 amide bonds. The Hall–Kier alpha value is -5.42. The fraction of sp³-hybridized carbons (Fsp3) is 0.862. The minimum absolute atomic E-state index is 0.0216. The van der Waals surface area contributed by atoms with E-state index < -0.39 is 235 Å². The van der Waals surface area contributed by atoms with E-state index in [0.29, 0.717) is 0 Å². The third kappa shape index (κ3) is 32.1. The number of ether oxygens (including phenoxy) is 8. The lowest BCUT2D eigenvalue weighted by atomic mass is 9.97. The van der Waals surface area contributed by atoms with Crippen molar-refractivity contribution in [2.75, 3.05) is 119 Å². The van der Waals surface area contributed by atoms with Crippen molar-refractivity contribution in [2.45, 2.75) is 240 Å². The molecule has 21 atom stereocenters. The van der Waals surface area contributed by atoms with Crippen molar-refractivity contribution >= 4 is 60.5 Å². The Kier molecular flexibility index (Phi) is 42.5. The standard InChI is InChI=1S/C65H116N9O32P/c1-36(79)68-49-57(92)53(88)41(30-75)103-62(49)98-26-11-7-16-45(84)66-20-15-22-73(48(87)19-10-14-29-101-65-52(71-39(4)82)60(95)56(91)44(33-78)106-65)35-74(61(96)40(83)34-102-107(5,6)97)25-24-72(47(86)18-9-13-28-100-64-51(70-38(3)81)59(94)55(90)43(32-77)105-64)23-21-67-46(85)17-8-12-27-99-63-50(69-37(2)80)58(93)54(89)42(31-76)104-63/h40-44,49-60,62-65,75-78,83,88-95H,7-35H2,1-6H3,(H,66,84)(H,67,85)(H,68,79)(H,69,80)(H,70,81)(H,71,82)/t40?,41?,42?,43?,44?,49?,50?,51?,52?,53-,54-,55-,56-,57+,58+,59+,60+,62+,63+,64+,65+/m0/s1. The third-order valence-electron chi connectivity index (χ3n) is 17.8. The van der Waals surface area contributed by atoms with Gasteiger partial charge in [-0.3, -0.25) is 47.7 Å². The lowest BCUT2D eigenvalue weighted by molar-refractivity contribution is -0.270. The fourth-order valence-corrected chi connectivity index (χ4v) is 12.5. The fourth-order valence-electron chi connectivity index (χ4n) is 12.0. The van der Waals surface area contributed by atoms with Crippen LogP contribution in [0.1, 0.15) is 111 Å². The van der Waals surface area contributed by atoms with Crippen molar-refractivity contribution in [2.24, 2.45) is 0 Å². The van der Waals surface area contributed by atoms with E-state index in [4.69, 9.17) is 42.4 Å². The molecule has 0 radical (unpaired) electrons. The van der Waals surface area contributed by atoms with Crippen LogP contribution >= 0.6 is 7.37 Å². The van der Waals surface area contributed by atoms with E-state index >= 15 is 0 Å². The maximum Gasteiger partial charge on any atom is 0.255 e. The normalized spacial score (nSPS) is 29.0. The molecule has 0 aliphatic carbocycles. The Morgan fingerprint density at radius 3 is 1.03 bits per heavy atom. The second-order valence-corrected chi connectivity index (χ2v) is 29.7. The summed E-state index contributed by atoms with van der Waals surface area (Å²) in [5.74, 6) is -5.29. The Balaban J connectivity index is 1.54. The molecular formula is C65H116N9O32P. The summed E-state index contributed by atoms with van der Waals surface area (Å²) in [6.07, 6.45) is -23.6. The monoisotopic (exact) mass is 1570 g/mol. The molecule has 4 aliphatic rings. The number of carbonyl (C=O) groups excluding carboxylic acids is 9. The van der Waals surface area contributed by atoms with E-state index in [1.54, 1.807) is 0 Å². The van der Waals surface area contributed by atoms with Crippen LogP contribution in [0.5, 0.6) is 0 Å². The number of amides is 9. The van der Waals surface area contributed by atoms with Gasteiger partial charge in [-0.05, 0) is 57.8 Å². The second-order valence-electron chi connectivity index (χ2n) is 26.9. The van der Waals surface area contributed by atoms with Gasteiger partial charge in [0.15, 0.2) is 38.6 Å². The number of carbonyl (C=O) groups is 9. The summed E-state index contributed by atoms with van der Waals surface area (Å²) >= 11 is 0. The number of rotatable bonds is 48. The molecular weight excluding hydrogens is 1450 g/mol. The maximum absolute atomic E-state index is 14.5. The van der Waals surface area contributed by atoms with Gasteiger partial charge in [0.25, 0.3) is 5.91 Å². The third-order valence-corrected chi connectivity index (χ3v) is 18.5. The number of hydrogen-bond acceptors (Lipinski definition) is 32. The van der Waals surface area contributed by atoms with E-state index in [-0.39, 0.29) is 143 Å². The van der Waals surface area contributed by atoms with Gasteiger partial charge in [0, 0.05) is 132 Å². The second kappa shape index (κ2) is 48.4. The van der Waals surface area contributed by atoms with Gasteiger partial charge in [-0.25, -0.2) is 0 Å². The number of aliphatic hydroxyl groups is 13. The Morgan fingerprint density at radius 2 is 0.710 bits per heavy atom. The molecule has 0 aromatic rings. The smallest absolute Gasteiger partial charge is 0.255 e. The molecule has 0 saturated carbocycles. The van der Waals surface area contributed by atoms with E-state index in [0.717, 1.165) is 4.90 Å². The van der Waals surface area contributed by atoms with Crippen LogP contribution in [-0.4, -0.2) is 382 Å². The van der Waals surface area contributed by atoms with Gasteiger partial charge in [-0.15, -0.1) is 0 Å². The quantitative estimate of drug-likeness (QED) is 0.0153. The zero-order valence-electron chi connectivity index (χ0n) is 61.5. The molecule has 107 heavy (non-hydrogen) atoms. The summed E-state index contributed by atoms with van der Waals surface area (Å²) in [4.78, 5) is 121. The summed E-state index contributed by atoms with van der Waals surface area (Å²) in [5.41, 5.74) is 0. The largest absolute Gasteiger partial charge is 0.394 e. The summed E-state index contributed by atoms with van der Waals surface area (Å²) in [6.45, 7) is 1.57. The van der Waals surface area contributed by atoms with E-state index in [1.165, 1.54) is 50.8 Å². The molecule has 0 bridgehead atoms. The van der Waals surface area contributed by atoms with Crippen molar-refractivity contribution in [3.63, 3.8) is 0 Å². The van der Waals surface area contributed by atoms with E-state index in [1.807, 2.05) is 0 Å². The molecule has 618 valence electrons. The molecule has 4 rings (SSSR count). The first-order valence-corrected chi connectivity index (χ1v) is 38.5. The van der Waals surface area contributed by atoms with Crippen LogP contribution in [0.25, 0.3) is 0 Å². The highest BCUT2D eigenvalue weighted by molar-refractivity contribution is 7.57. The summed E-state index contributed by atoms with van der Waals surface area (Å²) in [7, 11) is -3.32. The molecule has 41 nitrogen and oxygen atoms in total. The first kappa shape index (κ1) is 94.0. The predicted molar refractivity (Wildman–Crippen MR) is 368 cm³/mol. The summed E-state index contributed by atoms with van der Waals surface area (Å²) in [6, 6.07) is -4.88. The molecule has 0 aromatic heterocycles. The van der Waals surface area contributed by atoms with Crippen molar-refractivity contribution in [3.05, 3.63) is 0 Å². The van der Waals surface area contributed by atoms with E-state index in [9.17, 15) is 114 Å². The molecule has 4 heterocycles. The Morgan fingerprint density at radius 1 is 0.402 bits per heavy atom. The molecule has 4 saturated heterocycles. The predicted octanol–water partition coefficient (Wildman–Crippen LogP) is -8.51. The topological polar surface area (TPSA) is 599 Å². The molecule has 0 spiro atoms. The molecule has 4 aliphatic heterocycles. The first-order valence-electron chi connectivity index (χ1n) is 36.0. The van der Waals surface area contributed by atoms with Crippen molar-refractivity contribution in [3.8, 4) is 0 Å². The first-order chi connectivity index (χ1) is 50.7. The van der Waals surface area contributed by atoms with Crippen LogP contribution < -0.4 is 31.9 Å². The number of hydrogen-bond donors (Lipinski definition) is 19. The van der Waals surface area contributed by atoms with Gasteiger partial charge in [0.2, 0.25) is 47.3 Å². The molecule has 0 aromatic carbocycles. The summed E-state index contributed by atoms with van der Waals surface area (Å²) < 4.78 is 63.7. The molecule has 42 heteroatoms. The van der Waals surface area contributed by atoms with Crippen LogP contribution in [0.3, 0.4) is 0 Å². The molecule has 9 unspecified atom stereocenters. The number of nitrogens with one attached hydrogen (secondary N) is 6. The summed E-state index contributed by atoms with van der Waals surface area (Å²) in [5, 5.41) is 150. The van der Waals surface area contributed by atoms with Gasteiger partial charge < -0.3 is 155 Å². The molecule has 19 N–H and O–H groups in total. The van der Waals surface area contributed by atoms with Crippen molar-refractivity contribution < 1.29 is 157 Å². The van der Waals surface area contributed by atoms with Gasteiger partial charge >= 0.3 is 0 Å². The van der Waals surface area contributed by atoms with Crippen LogP contribution in [0.4, 0.5) is 0 Å². The Labute approximate surface area is 620 Å². The lowest BCUT2D eigenvalue weighted by Gasteiger charge is -2.42. The minimum Gasteiger partial charge on any atom is -0.394 e. The zero-order valence-corrected chi connectivity index (χ0v) is 62.4. The Bertz CT molecular complexity index is 2790.